The Hall–Kier alpha value is -2.43. The predicted octanol–water partition coefficient (Wildman–Crippen LogP) is 1.65. The second kappa shape index (κ2) is 6.99. The summed E-state index contributed by atoms with van der Waals surface area (Å²) in [6.45, 7) is 0.948. The number of rotatable bonds is 6. The van der Waals surface area contributed by atoms with Gasteiger partial charge in [0, 0.05) is 0 Å². The molecule has 24 heavy (non-hydrogen) atoms. The topological polar surface area (TPSA) is 50.7 Å². The number of benzene rings is 2. The molecule has 0 radical (unpaired) electrons. The van der Waals surface area contributed by atoms with Gasteiger partial charge in [0.05, 0.1) is 33.3 Å². The molecule has 0 bridgehead atoms. The summed E-state index contributed by atoms with van der Waals surface area (Å²) in [5, 5.41) is 11.6. The van der Waals surface area contributed by atoms with Crippen molar-refractivity contribution in [3.8, 4) is 0 Å². The lowest BCUT2D eigenvalue weighted by Gasteiger charge is -2.26. The second-order valence-electron chi connectivity index (χ2n) is 6.28. The first-order valence-electron chi connectivity index (χ1n) is 8.18. The van der Waals surface area contributed by atoms with Crippen molar-refractivity contribution in [1.82, 2.24) is 4.98 Å². The van der Waals surface area contributed by atoms with Crippen molar-refractivity contribution in [2.24, 2.45) is 0 Å². The van der Waals surface area contributed by atoms with E-state index in [1.807, 2.05) is 60.7 Å². The number of likely N-dealkylation sites (N-methyl/N-ethyl adjacent to an activating group) is 1. The van der Waals surface area contributed by atoms with Crippen molar-refractivity contribution in [1.29, 1.82) is 0 Å². The lowest BCUT2D eigenvalue weighted by molar-refractivity contribution is -0.858. The van der Waals surface area contributed by atoms with Crippen LogP contribution in [0.25, 0.3) is 0 Å². The quantitative estimate of drug-likeness (QED) is 0.725. The van der Waals surface area contributed by atoms with E-state index < -0.39 is 5.60 Å². The third-order valence-electron chi connectivity index (χ3n) is 4.12. The maximum Gasteiger partial charge on any atom is 0.235 e. The minimum absolute atomic E-state index is 0.309. The Morgan fingerprint density at radius 3 is 2.00 bits per heavy atom. The van der Waals surface area contributed by atoms with E-state index >= 15 is 0 Å². The summed E-state index contributed by atoms with van der Waals surface area (Å²) in [7, 11) is 4.20. The van der Waals surface area contributed by atoms with Gasteiger partial charge in [-0.2, -0.15) is 0 Å². The summed E-state index contributed by atoms with van der Waals surface area (Å²) < 4.78 is 5.93. The molecule has 0 aliphatic heterocycles. The maximum atomic E-state index is 11.6. The summed E-state index contributed by atoms with van der Waals surface area (Å²) in [6, 6.07) is 19.0. The molecular formula is C20H23N2O2+. The van der Waals surface area contributed by atoms with Crippen LogP contribution >= 0.6 is 0 Å². The van der Waals surface area contributed by atoms with Crippen molar-refractivity contribution in [2.45, 2.75) is 12.0 Å². The number of hydrogen-bond donors (Lipinski definition) is 2. The molecule has 0 amide bonds. The largest absolute Gasteiger partial charge is 0.442 e. The molecule has 3 aromatic rings. The van der Waals surface area contributed by atoms with Gasteiger partial charge in [-0.15, -0.1) is 0 Å². The number of nitrogens with one attached hydrogen (secondary N) is 1. The van der Waals surface area contributed by atoms with Crippen LogP contribution in [0.4, 0.5) is 0 Å². The van der Waals surface area contributed by atoms with Gasteiger partial charge in [-0.1, -0.05) is 60.7 Å². The molecule has 0 saturated heterocycles. The van der Waals surface area contributed by atoms with Gasteiger partial charge in [-0.3, -0.25) is 0 Å². The smallest absolute Gasteiger partial charge is 0.235 e. The number of nitrogens with zero attached hydrogens (tertiary/aromatic N) is 1. The predicted molar refractivity (Wildman–Crippen MR) is 92.9 cm³/mol. The number of aromatic nitrogens is 1. The molecule has 2 aromatic carbocycles. The van der Waals surface area contributed by atoms with Crippen LogP contribution in [-0.2, 0) is 12.0 Å². The van der Waals surface area contributed by atoms with Crippen LogP contribution in [0.5, 0.6) is 0 Å². The fourth-order valence-corrected chi connectivity index (χ4v) is 2.74. The SMILES string of the molecule is C[NH+](C)CCc1cnc(C(O)(c2ccccc2)c2ccccc2)o1. The highest BCUT2D eigenvalue weighted by molar-refractivity contribution is 5.41. The summed E-state index contributed by atoms with van der Waals surface area (Å²) in [5.41, 5.74) is 0.0804. The molecule has 0 aliphatic rings. The Labute approximate surface area is 142 Å². The van der Waals surface area contributed by atoms with Crippen molar-refractivity contribution >= 4 is 0 Å². The van der Waals surface area contributed by atoms with Crippen LogP contribution in [-0.4, -0.2) is 30.7 Å². The van der Waals surface area contributed by atoms with Gasteiger partial charge in [0.1, 0.15) is 5.76 Å². The normalized spacial score (nSPS) is 11.8. The van der Waals surface area contributed by atoms with E-state index in [4.69, 9.17) is 4.42 Å². The van der Waals surface area contributed by atoms with Crippen molar-refractivity contribution in [3.63, 3.8) is 0 Å². The lowest BCUT2D eigenvalue weighted by Crippen LogP contribution is -3.05. The number of hydrogen-bond acceptors (Lipinski definition) is 3. The van der Waals surface area contributed by atoms with E-state index in [1.54, 1.807) is 6.20 Å². The number of aliphatic hydroxyl groups is 1. The molecule has 0 spiro atoms. The second-order valence-corrected chi connectivity index (χ2v) is 6.28. The fourth-order valence-electron chi connectivity index (χ4n) is 2.74. The van der Waals surface area contributed by atoms with Gasteiger partial charge in [0.2, 0.25) is 5.89 Å². The van der Waals surface area contributed by atoms with Crippen molar-refractivity contribution in [2.75, 3.05) is 20.6 Å². The standard InChI is InChI=1S/C20H22N2O2/c1-22(2)14-13-18-15-21-19(24-18)20(23,16-9-5-3-6-10-16)17-11-7-4-8-12-17/h3-12,15,23H,13-14H2,1-2H3/p+1. The highest BCUT2D eigenvalue weighted by atomic mass is 16.4. The van der Waals surface area contributed by atoms with Crippen LogP contribution < -0.4 is 4.90 Å². The lowest BCUT2D eigenvalue weighted by atomic mass is 9.86. The summed E-state index contributed by atoms with van der Waals surface area (Å²) >= 11 is 0. The first-order valence-corrected chi connectivity index (χ1v) is 8.18. The Balaban J connectivity index is 2.03. The van der Waals surface area contributed by atoms with E-state index in [-0.39, 0.29) is 0 Å². The van der Waals surface area contributed by atoms with Crippen molar-refractivity contribution in [3.05, 3.63) is 89.6 Å². The fraction of sp³-hybridized carbons (Fsp3) is 0.250. The zero-order chi connectivity index (χ0) is 17.0. The Kier molecular flexibility index (Phi) is 4.79. The Bertz CT molecular complexity index is 727. The molecule has 124 valence electrons. The van der Waals surface area contributed by atoms with Crippen LogP contribution in [0.15, 0.2) is 71.3 Å². The number of quaternary nitrogens is 1. The molecule has 0 aliphatic carbocycles. The van der Waals surface area contributed by atoms with E-state index in [9.17, 15) is 5.11 Å². The molecule has 0 atom stereocenters. The summed E-state index contributed by atoms with van der Waals surface area (Å²) in [6.07, 6.45) is 2.50. The summed E-state index contributed by atoms with van der Waals surface area (Å²) in [5.74, 6) is 1.10. The number of oxazole rings is 1. The van der Waals surface area contributed by atoms with Gasteiger partial charge in [-0.05, 0) is 11.1 Å². The summed E-state index contributed by atoms with van der Waals surface area (Å²) in [4.78, 5) is 5.74. The molecular weight excluding hydrogens is 300 g/mol. The first-order chi connectivity index (χ1) is 11.6. The van der Waals surface area contributed by atoms with Crippen LogP contribution in [0, 0.1) is 0 Å². The molecule has 4 heteroatoms. The van der Waals surface area contributed by atoms with Gasteiger partial charge in [-0.25, -0.2) is 4.98 Å². The van der Waals surface area contributed by atoms with E-state index in [0.29, 0.717) is 5.89 Å². The Morgan fingerprint density at radius 2 is 1.50 bits per heavy atom. The maximum absolute atomic E-state index is 11.6. The molecule has 1 heterocycles. The minimum atomic E-state index is -1.40. The van der Waals surface area contributed by atoms with Crippen LogP contribution in [0.3, 0.4) is 0 Å². The van der Waals surface area contributed by atoms with Crippen LogP contribution in [0.1, 0.15) is 22.8 Å². The van der Waals surface area contributed by atoms with Gasteiger partial charge < -0.3 is 14.4 Å². The molecule has 1 aromatic heterocycles. The molecule has 2 N–H and O–H groups in total. The average Bonchev–Trinajstić information content (AvgIpc) is 3.10. The highest BCUT2D eigenvalue weighted by Crippen LogP contribution is 2.36. The molecule has 0 saturated carbocycles. The zero-order valence-corrected chi connectivity index (χ0v) is 14.1. The first kappa shape index (κ1) is 16.4. The van der Waals surface area contributed by atoms with E-state index in [0.717, 1.165) is 29.9 Å². The zero-order valence-electron chi connectivity index (χ0n) is 14.1. The van der Waals surface area contributed by atoms with E-state index in [2.05, 4.69) is 19.1 Å². The molecule has 3 rings (SSSR count). The van der Waals surface area contributed by atoms with E-state index in [1.165, 1.54) is 4.90 Å². The minimum Gasteiger partial charge on any atom is -0.442 e. The highest BCUT2D eigenvalue weighted by Gasteiger charge is 2.38. The Morgan fingerprint density at radius 1 is 0.958 bits per heavy atom. The molecule has 0 fully saturated rings. The van der Waals surface area contributed by atoms with Crippen LogP contribution in [0.2, 0.25) is 0 Å². The average molecular weight is 323 g/mol. The van der Waals surface area contributed by atoms with Gasteiger partial charge in [0.15, 0.2) is 5.60 Å². The van der Waals surface area contributed by atoms with Gasteiger partial charge in [0.25, 0.3) is 0 Å². The van der Waals surface area contributed by atoms with Crippen molar-refractivity contribution < 1.29 is 14.4 Å². The molecule has 4 nitrogen and oxygen atoms in total. The third kappa shape index (κ3) is 3.25. The third-order valence-corrected chi connectivity index (χ3v) is 4.12. The van der Waals surface area contributed by atoms with Gasteiger partial charge >= 0.3 is 0 Å². The monoisotopic (exact) mass is 323 g/mol. The molecule has 0 unspecified atom stereocenters.